The van der Waals surface area contributed by atoms with Gasteiger partial charge in [0, 0.05) is 6.04 Å². The smallest absolute Gasteiger partial charge is 0.126 e. The fourth-order valence-corrected chi connectivity index (χ4v) is 2.48. The van der Waals surface area contributed by atoms with E-state index in [9.17, 15) is 0 Å². The van der Waals surface area contributed by atoms with Crippen LogP contribution >= 0.6 is 11.6 Å². The number of nitrogens with zero attached hydrogens (tertiary/aromatic N) is 2. The summed E-state index contributed by atoms with van der Waals surface area (Å²) < 4.78 is 7.83. The van der Waals surface area contributed by atoms with E-state index in [4.69, 9.17) is 16.0 Å². The molecule has 4 nitrogen and oxygen atoms in total. The second kappa shape index (κ2) is 5.26. The van der Waals surface area contributed by atoms with Gasteiger partial charge in [0.15, 0.2) is 0 Å². The highest BCUT2D eigenvalue weighted by Crippen LogP contribution is 2.23. The van der Waals surface area contributed by atoms with Crippen molar-refractivity contribution in [2.75, 3.05) is 0 Å². The van der Waals surface area contributed by atoms with E-state index < -0.39 is 0 Å². The molecule has 0 aromatic carbocycles. The summed E-state index contributed by atoms with van der Waals surface area (Å²) in [5.41, 5.74) is 3.04. The first-order chi connectivity index (χ1) is 9.54. The molecular weight excluding hydrogens is 274 g/mol. The van der Waals surface area contributed by atoms with Gasteiger partial charge >= 0.3 is 0 Å². The van der Waals surface area contributed by atoms with E-state index in [1.165, 1.54) is 18.4 Å². The molecule has 20 heavy (non-hydrogen) atoms. The van der Waals surface area contributed by atoms with Crippen LogP contribution in [0.1, 0.15) is 41.3 Å². The Balaban J connectivity index is 1.73. The largest absolute Gasteiger partial charge is 0.462 e. The summed E-state index contributed by atoms with van der Waals surface area (Å²) in [6, 6.07) is 2.78. The maximum Gasteiger partial charge on any atom is 0.126 e. The molecule has 2 aromatic rings. The molecule has 0 unspecified atom stereocenters. The minimum absolute atomic E-state index is 0.629. The molecule has 0 bridgehead atoms. The maximum atomic E-state index is 6.17. The molecule has 1 saturated carbocycles. The minimum Gasteiger partial charge on any atom is -0.462 e. The van der Waals surface area contributed by atoms with Crippen LogP contribution < -0.4 is 5.32 Å². The number of aryl methyl sites for hydroxylation is 2. The van der Waals surface area contributed by atoms with Crippen molar-refractivity contribution in [3.63, 3.8) is 0 Å². The summed E-state index contributed by atoms with van der Waals surface area (Å²) in [7, 11) is 0. The highest BCUT2D eigenvalue weighted by atomic mass is 35.5. The van der Waals surface area contributed by atoms with Crippen molar-refractivity contribution in [3.8, 4) is 0 Å². The molecule has 0 aliphatic heterocycles. The number of furan rings is 1. The molecule has 0 radical (unpaired) electrons. The van der Waals surface area contributed by atoms with Crippen LogP contribution in [0.5, 0.6) is 0 Å². The van der Waals surface area contributed by atoms with Gasteiger partial charge in [-0.05, 0) is 45.2 Å². The maximum absolute atomic E-state index is 6.17. The summed E-state index contributed by atoms with van der Waals surface area (Å²) >= 11 is 6.17. The van der Waals surface area contributed by atoms with Crippen molar-refractivity contribution in [1.82, 2.24) is 15.1 Å². The molecule has 0 saturated heterocycles. The van der Waals surface area contributed by atoms with Gasteiger partial charge < -0.3 is 9.73 Å². The quantitative estimate of drug-likeness (QED) is 0.919. The van der Waals surface area contributed by atoms with Gasteiger partial charge in [0.2, 0.25) is 0 Å². The number of hydrogen-bond acceptors (Lipinski definition) is 3. The monoisotopic (exact) mass is 293 g/mol. The molecular formula is C15H20ClN3O. The first-order valence-corrected chi connectivity index (χ1v) is 7.43. The van der Waals surface area contributed by atoms with Gasteiger partial charge in [0.25, 0.3) is 0 Å². The molecule has 1 aliphatic rings. The van der Waals surface area contributed by atoms with Crippen LogP contribution in [0, 0.1) is 20.8 Å². The lowest BCUT2D eigenvalue weighted by atomic mass is 10.2. The lowest BCUT2D eigenvalue weighted by Gasteiger charge is -2.02. The van der Waals surface area contributed by atoms with Gasteiger partial charge in [-0.1, -0.05) is 11.6 Å². The zero-order valence-corrected chi connectivity index (χ0v) is 12.9. The summed E-state index contributed by atoms with van der Waals surface area (Å²) in [6.07, 6.45) is 2.58. The molecule has 5 heteroatoms. The van der Waals surface area contributed by atoms with Gasteiger partial charge in [-0.2, -0.15) is 5.10 Å². The van der Waals surface area contributed by atoms with Gasteiger partial charge in [0.05, 0.1) is 29.5 Å². The third-order valence-corrected chi connectivity index (χ3v) is 4.35. The fourth-order valence-electron chi connectivity index (χ4n) is 2.34. The number of nitrogens with one attached hydrogen (secondary N) is 1. The topological polar surface area (TPSA) is 43.0 Å². The molecule has 0 spiro atoms. The van der Waals surface area contributed by atoms with E-state index in [-0.39, 0.29) is 0 Å². The summed E-state index contributed by atoms with van der Waals surface area (Å²) in [4.78, 5) is 0. The Bertz CT molecular complexity index is 625. The van der Waals surface area contributed by atoms with E-state index in [0.29, 0.717) is 12.6 Å². The molecule has 1 aliphatic carbocycles. The van der Waals surface area contributed by atoms with Crippen LogP contribution in [0.15, 0.2) is 10.5 Å². The molecule has 3 rings (SSSR count). The van der Waals surface area contributed by atoms with Gasteiger partial charge in [-0.25, -0.2) is 0 Å². The second-order valence-electron chi connectivity index (χ2n) is 5.62. The summed E-state index contributed by atoms with van der Waals surface area (Å²) in [5, 5.41) is 8.66. The fraction of sp³-hybridized carbons (Fsp3) is 0.533. The van der Waals surface area contributed by atoms with Crippen LogP contribution in [0.3, 0.4) is 0 Å². The van der Waals surface area contributed by atoms with Crippen LogP contribution in [0.25, 0.3) is 0 Å². The number of rotatable bonds is 5. The Morgan fingerprint density at radius 2 is 2.15 bits per heavy atom. The standard InChI is InChI=1S/C15H20ClN3O/c1-9-6-13(20-14(9)7-17-12-4-5-12)8-19-11(3)15(16)10(2)18-19/h6,12,17H,4-5,7-8H2,1-3H3. The summed E-state index contributed by atoms with van der Waals surface area (Å²) in [6.45, 7) is 7.43. The molecule has 0 atom stereocenters. The van der Waals surface area contributed by atoms with E-state index in [1.807, 2.05) is 18.5 Å². The van der Waals surface area contributed by atoms with Gasteiger partial charge in [-0.15, -0.1) is 0 Å². The SMILES string of the molecule is Cc1cc(Cn2nc(C)c(Cl)c2C)oc1CNC1CC1. The van der Waals surface area contributed by atoms with Crippen LogP contribution in [-0.4, -0.2) is 15.8 Å². The number of halogens is 1. The number of aromatic nitrogens is 2. The molecule has 0 amide bonds. The normalized spacial score (nSPS) is 15.0. The Labute approximate surface area is 124 Å². The lowest BCUT2D eigenvalue weighted by molar-refractivity contribution is 0.426. The molecule has 1 N–H and O–H groups in total. The Kier molecular flexibility index (Phi) is 3.61. The van der Waals surface area contributed by atoms with Gasteiger partial charge in [-0.3, -0.25) is 4.68 Å². The van der Waals surface area contributed by atoms with Crippen LogP contribution in [0.2, 0.25) is 5.02 Å². The van der Waals surface area contributed by atoms with E-state index >= 15 is 0 Å². The molecule has 1 fully saturated rings. The van der Waals surface area contributed by atoms with Crippen LogP contribution in [0.4, 0.5) is 0 Å². The van der Waals surface area contributed by atoms with Crippen molar-refractivity contribution in [3.05, 3.63) is 39.6 Å². The molecule has 108 valence electrons. The Morgan fingerprint density at radius 3 is 2.75 bits per heavy atom. The third-order valence-electron chi connectivity index (χ3n) is 3.80. The van der Waals surface area contributed by atoms with Crippen molar-refractivity contribution in [2.45, 2.75) is 52.7 Å². The highest BCUT2D eigenvalue weighted by molar-refractivity contribution is 6.31. The average Bonchev–Trinajstić information content (AvgIpc) is 3.13. The third kappa shape index (κ3) is 2.76. The first kappa shape index (κ1) is 13.7. The highest BCUT2D eigenvalue weighted by Gasteiger charge is 2.21. The van der Waals surface area contributed by atoms with E-state index in [1.54, 1.807) is 0 Å². The molecule has 2 aromatic heterocycles. The Hall–Kier alpha value is -1.26. The Morgan fingerprint density at radius 1 is 1.40 bits per heavy atom. The zero-order valence-electron chi connectivity index (χ0n) is 12.2. The predicted molar refractivity (Wildman–Crippen MR) is 79.1 cm³/mol. The van der Waals surface area contributed by atoms with E-state index in [2.05, 4.69) is 23.4 Å². The van der Waals surface area contributed by atoms with E-state index in [0.717, 1.165) is 34.5 Å². The van der Waals surface area contributed by atoms with Crippen LogP contribution in [-0.2, 0) is 13.1 Å². The second-order valence-corrected chi connectivity index (χ2v) is 5.99. The summed E-state index contributed by atoms with van der Waals surface area (Å²) in [5.74, 6) is 1.96. The minimum atomic E-state index is 0.629. The van der Waals surface area contributed by atoms with Crippen molar-refractivity contribution in [2.24, 2.45) is 0 Å². The van der Waals surface area contributed by atoms with Crippen molar-refractivity contribution >= 4 is 11.6 Å². The van der Waals surface area contributed by atoms with Gasteiger partial charge in [0.1, 0.15) is 11.5 Å². The lowest BCUT2D eigenvalue weighted by Crippen LogP contribution is -2.15. The predicted octanol–water partition coefficient (Wildman–Crippen LogP) is 3.36. The average molecular weight is 294 g/mol. The van der Waals surface area contributed by atoms with Crippen molar-refractivity contribution < 1.29 is 4.42 Å². The van der Waals surface area contributed by atoms with Crippen molar-refractivity contribution in [1.29, 1.82) is 0 Å². The zero-order chi connectivity index (χ0) is 14.3. The molecule has 2 heterocycles. The first-order valence-electron chi connectivity index (χ1n) is 7.05. The number of hydrogen-bond donors (Lipinski definition) is 1.